The van der Waals surface area contributed by atoms with Gasteiger partial charge >= 0.3 is 13.4 Å². The van der Waals surface area contributed by atoms with Crippen LogP contribution >= 0.6 is 19.3 Å². The molecule has 2 rings (SSSR count). The van der Waals surface area contributed by atoms with Gasteiger partial charge in [0.2, 0.25) is 0 Å². The number of aromatic amines is 1. The van der Waals surface area contributed by atoms with Crippen molar-refractivity contribution in [2.75, 3.05) is 26.1 Å². The molecule has 0 bridgehead atoms. The summed E-state index contributed by atoms with van der Waals surface area (Å²) in [6, 6.07) is 0. The molecular formula is C15H25ClN3O7P. The molecule has 2 heterocycles. The van der Waals surface area contributed by atoms with Crippen molar-refractivity contribution in [3.8, 4) is 0 Å². The third-order valence-electron chi connectivity index (χ3n) is 4.36. The summed E-state index contributed by atoms with van der Waals surface area (Å²) in [6.45, 7) is 1.56. The topological polar surface area (TPSA) is 134 Å². The fraction of sp³-hybridized carbons (Fsp3) is 0.733. The van der Waals surface area contributed by atoms with Crippen LogP contribution in [0.25, 0.3) is 0 Å². The maximum atomic E-state index is 12.3. The van der Waals surface area contributed by atoms with Crippen molar-refractivity contribution in [3.05, 3.63) is 32.6 Å². The summed E-state index contributed by atoms with van der Waals surface area (Å²) in [5, 5.41) is 10.2. The highest BCUT2D eigenvalue weighted by Gasteiger charge is 2.38. The number of aryl methyl sites for hydroxylation is 1. The lowest BCUT2D eigenvalue weighted by molar-refractivity contribution is -0.0441. The molecule has 1 aliphatic rings. The van der Waals surface area contributed by atoms with E-state index in [-0.39, 0.29) is 13.0 Å². The van der Waals surface area contributed by atoms with E-state index in [9.17, 15) is 24.2 Å². The Labute approximate surface area is 161 Å². The van der Waals surface area contributed by atoms with E-state index in [4.69, 9.17) is 20.9 Å². The Hall–Kier alpha value is -1.00. The van der Waals surface area contributed by atoms with Gasteiger partial charge in [0, 0.05) is 30.6 Å². The molecule has 0 saturated carbocycles. The molecule has 0 aromatic carbocycles. The minimum absolute atomic E-state index is 0.0840. The SMILES string of the molecule is Cc1cn([C@H]2C[C@H](O)[C@@H](COP(=O)(O)N(C)CCCCCl)O2)c(=O)[nH]c1=O. The van der Waals surface area contributed by atoms with Crippen LogP contribution < -0.4 is 11.2 Å². The van der Waals surface area contributed by atoms with Gasteiger partial charge in [-0.2, -0.15) is 0 Å². The van der Waals surface area contributed by atoms with Gasteiger partial charge in [0.15, 0.2) is 0 Å². The zero-order chi connectivity index (χ0) is 20.2. The van der Waals surface area contributed by atoms with Crippen LogP contribution in [0.5, 0.6) is 0 Å². The van der Waals surface area contributed by atoms with Crippen LogP contribution in [0.15, 0.2) is 15.8 Å². The number of hydrogen-bond acceptors (Lipinski definition) is 6. The van der Waals surface area contributed by atoms with E-state index in [1.54, 1.807) is 6.92 Å². The molecule has 12 heteroatoms. The maximum Gasteiger partial charge on any atom is 0.405 e. The first-order chi connectivity index (χ1) is 12.7. The number of nitrogens with zero attached hydrogens (tertiary/aromatic N) is 2. The second kappa shape index (κ2) is 9.47. The monoisotopic (exact) mass is 425 g/mol. The van der Waals surface area contributed by atoms with E-state index in [1.807, 2.05) is 0 Å². The van der Waals surface area contributed by atoms with Gasteiger partial charge in [-0.3, -0.25) is 18.9 Å². The summed E-state index contributed by atoms with van der Waals surface area (Å²) in [5.41, 5.74) is -0.824. The molecule has 1 unspecified atom stereocenters. The number of hydrogen-bond donors (Lipinski definition) is 3. The molecule has 1 aliphatic heterocycles. The highest BCUT2D eigenvalue weighted by atomic mass is 35.5. The van der Waals surface area contributed by atoms with Gasteiger partial charge in [0.05, 0.1) is 12.7 Å². The molecule has 1 saturated heterocycles. The largest absolute Gasteiger partial charge is 0.405 e. The Bertz CT molecular complexity index is 798. The highest BCUT2D eigenvalue weighted by molar-refractivity contribution is 7.50. The zero-order valence-electron chi connectivity index (χ0n) is 15.2. The number of alkyl halides is 1. The molecule has 1 aromatic heterocycles. The first-order valence-electron chi connectivity index (χ1n) is 8.56. The predicted octanol–water partition coefficient (Wildman–Crippen LogP) is 0.561. The van der Waals surface area contributed by atoms with Crippen molar-refractivity contribution in [2.45, 2.75) is 44.6 Å². The lowest BCUT2D eigenvalue weighted by atomic mass is 10.2. The Balaban J connectivity index is 1.97. The number of halogens is 1. The lowest BCUT2D eigenvalue weighted by Gasteiger charge is -2.24. The number of nitrogens with one attached hydrogen (secondary N) is 1. The van der Waals surface area contributed by atoms with E-state index in [0.29, 0.717) is 30.8 Å². The van der Waals surface area contributed by atoms with Gasteiger partial charge in [0.1, 0.15) is 12.3 Å². The predicted molar refractivity (Wildman–Crippen MR) is 99.0 cm³/mol. The molecule has 0 aliphatic carbocycles. The third kappa shape index (κ3) is 5.74. The van der Waals surface area contributed by atoms with Crippen molar-refractivity contribution < 1.29 is 23.8 Å². The van der Waals surface area contributed by atoms with Crippen molar-refractivity contribution in [1.29, 1.82) is 0 Å². The quantitative estimate of drug-likeness (QED) is 0.297. The van der Waals surface area contributed by atoms with Crippen LogP contribution in [-0.2, 0) is 13.8 Å². The molecule has 154 valence electrons. The molecule has 1 fully saturated rings. The fourth-order valence-electron chi connectivity index (χ4n) is 2.67. The number of ether oxygens (including phenoxy) is 1. The first-order valence-corrected chi connectivity index (χ1v) is 10.6. The van der Waals surface area contributed by atoms with Gasteiger partial charge in [-0.1, -0.05) is 0 Å². The normalized spacial score (nSPS) is 25.0. The molecule has 27 heavy (non-hydrogen) atoms. The number of aliphatic hydroxyl groups is 1. The van der Waals surface area contributed by atoms with Crippen molar-refractivity contribution >= 4 is 19.3 Å². The molecule has 0 spiro atoms. The van der Waals surface area contributed by atoms with Crippen molar-refractivity contribution in [2.24, 2.45) is 0 Å². The first kappa shape index (κ1) is 22.3. The number of rotatable bonds is 9. The van der Waals surface area contributed by atoms with E-state index in [0.717, 1.165) is 0 Å². The average Bonchev–Trinajstić information content (AvgIpc) is 2.97. The summed E-state index contributed by atoms with van der Waals surface area (Å²) in [4.78, 5) is 35.6. The maximum absolute atomic E-state index is 12.3. The second-order valence-electron chi connectivity index (χ2n) is 6.47. The molecule has 3 N–H and O–H groups in total. The van der Waals surface area contributed by atoms with Crippen LogP contribution in [0.3, 0.4) is 0 Å². The van der Waals surface area contributed by atoms with Crippen molar-refractivity contribution in [1.82, 2.24) is 14.2 Å². The van der Waals surface area contributed by atoms with E-state index >= 15 is 0 Å². The second-order valence-corrected chi connectivity index (χ2v) is 8.77. The van der Waals surface area contributed by atoms with Crippen LogP contribution in [0.4, 0.5) is 0 Å². The summed E-state index contributed by atoms with van der Waals surface area (Å²) in [5.74, 6) is 0.470. The summed E-state index contributed by atoms with van der Waals surface area (Å²) < 4.78 is 25.3. The Morgan fingerprint density at radius 1 is 1.48 bits per heavy atom. The van der Waals surface area contributed by atoms with Crippen LogP contribution in [0, 0.1) is 6.92 Å². The smallest absolute Gasteiger partial charge is 0.390 e. The van der Waals surface area contributed by atoms with E-state index in [1.165, 1.54) is 22.5 Å². The van der Waals surface area contributed by atoms with Gasteiger partial charge in [0.25, 0.3) is 5.56 Å². The lowest BCUT2D eigenvalue weighted by Crippen LogP contribution is -2.33. The molecule has 0 radical (unpaired) electrons. The summed E-state index contributed by atoms with van der Waals surface area (Å²) >= 11 is 5.59. The number of aliphatic hydroxyl groups excluding tert-OH is 1. The third-order valence-corrected chi connectivity index (χ3v) is 6.18. The minimum Gasteiger partial charge on any atom is -0.390 e. The summed E-state index contributed by atoms with van der Waals surface area (Å²) in [6.07, 6.45) is 0.111. The fourth-order valence-corrected chi connectivity index (χ4v) is 3.79. The standard InChI is InChI=1S/C15H25ClN3O7P/c1-10-8-19(15(22)17-14(10)21)13-7-11(20)12(26-13)9-25-27(23,24)18(2)6-4-3-5-16/h8,11-13,20H,3-7,9H2,1-2H3,(H,23,24)(H,17,21,22)/t11-,12+,13+/m0/s1. The average molecular weight is 426 g/mol. The van der Waals surface area contributed by atoms with Crippen LogP contribution in [0.2, 0.25) is 0 Å². The van der Waals surface area contributed by atoms with Gasteiger partial charge in [-0.05, 0) is 26.8 Å². The molecule has 0 amide bonds. The number of unbranched alkanes of at least 4 members (excludes halogenated alkanes) is 1. The van der Waals surface area contributed by atoms with Gasteiger partial charge < -0.3 is 14.7 Å². The zero-order valence-corrected chi connectivity index (χ0v) is 16.9. The van der Waals surface area contributed by atoms with Crippen LogP contribution in [0.1, 0.15) is 31.1 Å². The number of aromatic nitrogens is 2. The number of H-pyrrole nitrogens is 1. The highest BCUT2D eigenvalue weighted by Crippen LogP contribution is 2.46. The van der Waals surface area contributed by atoms with Crippen LogP contribution in [-0.4, -0.2) is 62.5 Å². The Morgan fingerprint density at radius 3 is 2.85 bits per heavy atom. The Morgan fingerprint density at radius 2 is 2.19 bits per heavy atom. The molecule has 1 aromatic rings. The molecule has 4 atom stereocenters. The minimum atomic E-state index is -4.04. The molecular weight excluding hydrogens is 401 g/mol. The van der Waals surface area contributed by atoms with Crippen molar-refractivity contribution in [3.63, 3.8) is 0 Å². The molecule has 10 nitrogen and oxygen atoms in total. The van der Waals surface area contributed by atoms with E-state index in [2.05, 4.69) is 4.98 Å². The van der Waals surface area contributed by atoms with E-state index < -0.39 is 37.4 Å². The van der Waals surface area contributed by atoms with Gasteiger partial charge in [-0.25, -0.2) is 14.0 Å². The van der Waals surface area contributed by atoms with Gasteiger partial charge in [-0.15, -0.1) is 11.6 Å². The summed E-state index contributed by atoms with van der Waals surface area (Å²) in [7, 11) is -2.57. The Kier molecular flexibility index (Phi) is 7.82.